The highest BCUT2D eigenvalue weighted by Crippen LogP contribution is 2.17. The molecule has 0 N–H and O–H groups in total. The third-order valence-corrected chi connectivity index (χ3v) is 3.75. The molecule has 0 atom stereocenters. The standard InChI is InChI=1S/C17H19N5O/c1-4-21(16-13(3)6-5-7-18-16)15(23)11-22-17-14(10-20-22)8-12(2)9-19-17/h5-10H,4,11H2,1-3H3. The lowest BCUT2D eigenvalue weighted by molar-refractivity contribution is -0.119. The molecule has 0 bridgehead atoms. The van der Waals surface area contributed by atoms with Crippen molar-refractivity contribution in [2.45, 2.75) is 27.3 Å². The zero-order chi connectivity index (χ0) is 16.4. The summed E-state index contributed by atoms with van der Waals surface area (Å²) in [4.78, 5) is 23.1. The molecule has 6 nitrogen and oxygen atoms in total. The van der Waals surface area contributed by atoms with E-state index < -0.39 is 0 Å². The summed E-state index contributed by atoms with van der Waals surface area (Å²) in [5, 5.41) is 5.24. The van der Waals surface area contributed by atoms with Crippen molar-refractivity contribution >= 4 is 22.8 Å². The minimum Gasteiger partial charge on any atom is -0.295 e. The number of rotatable bonds is 4. The molecule has 3 heterocycles. The number of hydrogen-bond donors (Lipinski definition) is 0. The van der Waals surface area contributed by atoms with Gasteiger partial charge in [-0.15, -0.1) is 0 Å². The van der Waals surface area contributed by atoms with Gasteiger partial charge in [0.25, 0.3) is 0 Å². The lowest BCUT2D eigenvalue weighted by atomic mass is 10.2. The van der Waals surface area contributed by atoms with Crippen LogP contribution in [0.1, 0.15) is 18.1 Å². The van der Waals surface area contributed by atoms with Gasteiger partial charge < -0.3 is 0 Å². The molecular formula is C17H19N5O. The lowest BCUT2D eigenvalue weighted by Crippen LogP contribution is -2.35. The first-order chi connectivity index (χ1) is 11.1. The summed E-state index contributed by atoms with van der Waals surface area (Å²) in [7, 11) is 0. The Bertz CT molecular complexity index is 855. The van der Waals surface area contributed by atoms with Crippen LogP contribution >= 0.6 is 0 Å². The van der Waals surface area contributed by atoms with Crippen LogP contribution in [0.4, 0.5) is 5.82 Å². The molecule has 0 aliphatic rings. The summed E-state index contributed by atoms with van der Waals surface area (Å²) in [5.74, 6) is 0.641. The van der Waals surface area contributed by atoms with Gasteiger partial charge in [-0.05, 0) is 44.0 Å². The minimum absolute atomic E-state index is 0.0540. The zero-order valence-corrected chi connectivity index (χ0v) is 13.5. The van der Waals surface area contributed by atoms with Crippen molar-refractivity contribution in [2.75, 3.05) is 11.4 Å². The van der Waals surface area contributed by atoms with Crippen LogP contribution in [0.25, 0.3) is 11.0 Å². The van der Waals surface area contributed by atoms with E-state index in [9.17, 15) is 4.79 Å². The third kappa shape index (κ3) is 2.92. The van der Waals surface area contributed by atoms with Gasteiger partial charge in [0.1, 0.15) is 12.4 Å². The molecule has 0 radical (unpaired) electrons. The molecule has 0 aliphatic carbocycles. The molecule has 0 saturated heterocycles. The van der Waals surface area contributed by atoms with Gasteiger partial charge in [-0.2, -0.15) is 5.10 Å². The highest BCUT2D eigenvalue weighted by atomic mass is 16.2. The Hall–Kier alpha value is -2.76. The molecule has 3 aromatic rings. The average Bonchev–Trinajstić information content (AvgIpc) is 2.92. The second kappa shape index (κ2) is 6.16. The Morgan fingerprint density at radius 3 is 2.83 bits per heavy atom. The normalized spacial score (nSPS) is 10.9. The monoisotopic (exact) mass is 309 g/mol. The number of carbonyl (C=O) groups excluding carboxylic acids is 1. The molecule has 0 aromatic carbocycles. The van der Waals surface area contributed by atoms with E-state index >= 15 is 0 Å². The van der Waals surface area contributed by atoms with Crippen molar-refractivity contribution in [3.63, 3.8) is 0 Å². The Balaban J connectivity index is 1.88. The number of pyridine rings is 2. The van der Waals surface area contributed by atoms with Crippen molar-refractivity contribution in [3.8, 4) is 0 Å². The molecule has 3 rings (SSSR count). The number of hydrogen-bond acceptors (Lipinski definition) is 4. The van der Waals surface area contributed by atoms with Crippen LogP contribution in [0, 0.1) is 13.8 Å². The first-order valence-corrected chi connectivity index (χ1v) is 7.60. The maximum absolute atomic E-state index is 12.7. The number of anilines is 1. The fourth-order valence-corrected chi connectivity index (χ4v) is 2.62. The van der Waals surface area contributed by atoms with E-state index in [-0.39, 0.29) is 12.5 Å². The predicted octanol–water partition coefficient (Wildman–Crippen LogP) is 2.50. The molecule has 0 unspecified atom stereocenters. The van der Waals surface area contributed by atoms with E-state index in [1.807, 2.05) is 39.0 Å². The Morgan fingerprint density at radius 1 is 1.26 bits per heavy atom. The van der Waals surface area contributed by atoms with E-state index in [2.05, 4.69) is 15.1 Å². The van der Waals surface area contributed by atoms with Crippen molar-refractivity contribution in [3.05, 3.63) is 47.9 Å². The summed E-state index contributed by atoms with van der Waals surface area (Å²) in [6.07, 6.45) is 5.22. The average molecular weight is 309 g/mol. The SMILES string of the molecule is CCN(C(=O)Cn1ncc2cc(C)cnc21)c1ncccc1C. The molecule has 3 aromatic heterocycles. The first kappa shape index (κ1) is 15.1. The third-order valence-electron chi connectivity index (χ3n) is 3.75. The highest BCUT2D eigenvalue weighted by Gasteiger charge is 2.18. The highest BCUT2D eigenvalue weighted by molar-refractivity contribution is 5.93. The van der Waals surface area contributed by atoms with Crippen LogP contribution in [0.5, 0.6) is 0 Å². The number of amides is 1. The summed E-state index contributed by atoms with van der Waals surface area (Å²) < 4.78 is 1.64. The number of carbonyl (C=O) groups is 1. The van der Waals surface area contributed by atoms with E-state index in [0.717, 1.165) is 22.2 Å². The molecule has 23 heavy (non-hydrogen) atoms. The Kier molecular flexibility index (Phi) is 4.06. The van der Waals surface area contributed by atoms with Gasteiger partial charge in [0.15, 0.2) is 5.65 Å². The van der Waals surface area contributed by atoms with Crippen LogP contribution in [-0.4, -0.2) is 32.2 Å². The van der Waals surface area contributed by atoms with E-state index in [4.69, 9.17) is 0 Å². The van der Waals surface area contributed by atoms with E-state index in [1.54, 1.807) is 28.2 Å². The summed E-state index contributed by atoms with van der Waals surface area (Å²) in [5.41, 5.74) is 2.77. The van der Waals surface area contributed by atoms with Gasteiger partial charge in [0.05, 0.1) is 6.20 Å². The van der Waals surface area contributed by atoms with Crippen molar-refractivity contribution in [1.82, 2.24) is 19.7 Å². The molecule has 0 aliphatic heterocycles. The van der Waals surface area contributed by atoms with Crippen LogP contribution in [0.2, 0.25) is 0 Å². The molecule has 1 amide bonds. The number of fused-ring (bicyclic) bond motifs is 1. The molecular weight excluding hydrogens is 290 g/mol. The van der Waals surface area contributed by atoms with Gasteiger partial charge in [0, 0.05) is 24.3 Å². The largest absolute Gasteiger partial charge is 0.295 e. The Labute approximate surface area is 134 Å². The number of aromatic nitrogens is 4. The van der Waals surface area contributed by atoms with Crippen molar-refractivity contribution in [2.24, 2.45) is 0 Å². The maximum Gasteiger partial charge on any atom is 0.249 e. The van der Waals surface area contributed by atoms with E-state index in [0.29, 0.717) is 12.4 Å². The fraction of sp³-hybridized carbons (Fsp3) is 0.294. The quantitative estimate of drug-likeness (QED) is 0.743. The summed E-state index contributed by atoms with van der Waals surface area (Å²) in [6.45, 7) is 6.57. The molecule has 0 spiro atoms. The number of likely N-dealkylation sites (N-methyl/N-ethyl adjacent to an activating group) is 1. The second-order valence-corrected chi connectivity index (χ2v) is 5.51. The summed E-state index contributed by atoms with van der Waals surface area (Å²) >= 11 is 0. The summed E-state index contributed by atoms with van der Waals surface area (Å²) in [6, 6.07) is 5.83. The second-order valence-electron chi connectivity index (χ2n) is 5.51. The van der Waals surface area contributed by atoms with E-state index in [1.165, 1.54) is 0 Å². The molecule has 118 valence electrons. The number of nitrogens with zero attached hydrogens (tertiary/aromatic N) is 5. The smallest absolute Gasteiger partial charge is 0.249 e. The zero-order valence-electron chi connectivity index (χ0n) is 13.5. The molecule has 0 saturated carbocycles. The van der Waals surface area contributed by atoms with Gasteiger partial charge in [-0.25, -0.2) is 14.6 Å². The molecule has 0 fully saturated rings. The lowest BCUT2D eigenvalue weighted by Gasteiger charge is -2.21. The minimum atomic E-state index is -0.0540. The van der Waals surface area contributed by atoms with Crippen molar-refractivity contribution in [1.29, 1.82) is 0 Å². The maximum atomic E-state index is 12.7. The van der Waals surface area contributed by atoms with Gasteiger partial charge >= 0.3 is 0 Å². The van der Waals surface area contributed by atoms with Crippen LogP contribution in [0.3, 0.4) is 0 Å². The van der Waals surface area contributed by atoms with Crippen molar-refractivity contribution < 1.29 is 4.79 Å². The number of aryl methyl sites for hydroxylation is 2. The predicted molar refractivity (Wildman–Crippen MR) is 89.3 cm³/mol. The fourth-order valence-electron chi connectivity index (χ4n) is 2.62. The Morgan fingerprint density at radius 2 is 2.09 bits per heavy atom. The topological polar surface area (TPSA) is 63.9 Å². The van der Waals surface area contributed by atoms with Crippen LogP contribution < -0.4 is 4.90 Å². The first-order valence-electron chi connectivity index (χ1n) is 7.60. The van der Waals surface area contributed by atoms with Gasteiger partial charge in [-0.3, -0.25) is 9.69 Å². The molecule has 6 heteroatoms. The van der Waals surface area contributed by atoms with Gasteiger partial charge in [-0.1, -0.05) is 6.07 Å². The van der Waals surface area contributed by atoms with Gasteiger partial charge in [0.2, 0.25) is 5.91 Å². The van der Waals surface area contributed by atoms with Crippen LogP contribution in [0.15, 0.2) is 36.8 Å². The van der Waals surface area contributed by atoms with Crippen LogP contribution in [-0.2, 0) is 11.3 Å².